The first kappa shape index (κ1) is 15.4. The molecule has 2 aromatic carbocycles. The molecule has 0 saturated heterocycles. The Balaban J connectivity index is 2.11. The molecule has 0 atom stereocenters. The number of benzene rings is 2. The summed E-state index contributed by atoms with van der Waals surface area (Å²) >= 11 is 0. The van der Waals surface area contributed by atoms with Crippen LogP contribution in [0.3, 0.4) is 0 Å². The van der Waals surface area contributed by atoms with Crippen molar-refractivity contribution >= 4 is 17.4 Å². The fourth-order valence-electron chi connectivity index (χ4n) is 1.76. The maximum Gasteiger partial charge on any atom is 0.365 e. The van der Waals surface area contributed by atoms with Crippen LogP contribution in [0.15, 0.2) is 53.7 Å². The number of nitrogens with zero attached hydrogens (tertiary/aromatic N) is 2. The summed E-state index contributed by atoms with van der Waals surface area (Å²) in [6.45, 7) is 3.68. The van der Waals surface area contributed by atoms with Crippen molar-refractivity contribution in [1.29, 1.82) is 0 Å². The molecule has 6 heteroatoms. The predicted octanol–water partition coefficient (Wildman–Crippen LogP) is 3.48. The molecule has 2 aromatic rings. The molecule has 0 unspecified atom stereocenters. The maximum absolute atomic E-state index is 11.9. The number of nitro groups is 1. The number of carbonyl (C=O) groups is 1. The van der Waals surface area contributed by atoms with Gasteiger partial charge in [-0.2, -0.15) is 0 Å². The van der Waals surface area contributed by atoms with Crippen LogP contribution >= 0.6 is 0 Å². The van der Waals surface area contributed by atoms with Crippen molar-refractivity contribution in [3.63, 3.8) is 0 Å². The Morgan fingerprint density at radius 2 is 1.82 bits per heavy atom. The van der Waals surface area contributed by atoms with E-state index in [1.165, 1.54) is 18.2 Å². The van der Waals surface area contributed by atoms with Crippen LogP contribution in [0.4, 0.5) is 5.69 Å². The van der Waals surface area contributed by atoms with Crippen LogP contribution in [0.25, 0.3) is 0 Å². The van der Waals surface area contributed by atoms with Gasteiger partial charge in [0.25, 0.3) is 5.69 Å². The Labute approximate surface area is 127 Å². The molecule has 0 fully saturated rings. The van der Waals surface area contributed by atoms with Crippen LogP contribution in [-0.2, 0) is 4.84 Å². The van der Waals surface area contributed by atoms with Gasteiger partial charge in [-0.3, -0.25) is 10.1 Å². The maximum atomic E-state index is 11.9. The van der Waals surface area contributed by atoms with Gasteiger partial charge in [-0.25, -0.2) is 4.79 Å². The second kappa shape index (κ2) is 6.62. The fraction of sp³-hybridized carbons (Fsp3) is 0.125. The zero-order chi connectivity index (χ0) is 16.1. The van der Waals surface area contributed by atoms with E-state index in [1.54, 1.807) is 6.92 Å². The zero-order valence-corrected chi connectivity index (χ0v) is 12.1. The first-order chi connectivity index (χ1) is 10.5. The van der Waals surface area contributed by atoms with Crippen molar-refractivity contribution in [3.05, 3.63) is 75.3 Å². The number of non-ortho nitro benzene ring substituents is 1. The molecule has 0 radical (unpaired) electrons. The first-order valence-electron chi connectivity index (χ1n) is 6.55. The minimum atomic E-state index is -0.741. The Morgan fingerprint density at radius 1 is 1.14 bits per heavy atom. The molecule has 0 N–H and O–H groups in total. The van der Waals surface area contributed by atoms with E-state index in [2.05, 4.69) is 5.16 Å². The van der Waals surface area contributed by atoms with Crippen molar-refractivity contribution in [2.75, 3.05) is 0 Å². The molecule has 0 aliphatic heterocycles. The van der Waals surface area contributed by atoms with Gasteiger partial charge in [-0.05, 0) is 25.5 Å². The third-order valence-electron chi connectivity index (χ3n) is 3.03. The normalized spacial score (nSPS) is 11.1. The SMILES string of the molecule is CC(=NOC(=O)c1cccc([N+](=O)[O-])c1)c1ccc(C)cc1. The number of oxime groups is 1. The van der Waals surface area contributed by atoms with Gasteiger partial charge in [0.05, 0.1) is 16.2 Å². The number of carbonyl (C=O) groups excluding carboxylic acids is 1. The van der Waals surface area contributed by atoms with Crippen LogP contribution < -0.4 is 0 Å². The molecule has 0 heterocycles. The zero-order valence-electron chi connectivity index (χ0n) is 12.1. The lowest BCUT2D eigenvalue weighted by Gasteiger charge is -2.02. The van der Waals surface area contributed by atoms with E-state index in [-0.39, 0.29) is 11.3 Å². The van der Waals surface area contributed by atoms with Crippen LogP contribution in [0.5, 0.6) is 0 Å². The Kier molecular flexibility index (Phi) is 4.63. The first-order valence-corrected chi connectivity index (χ1v) is 6.55. The molecule has 22 heavy (non-hydrogen) atoms. The van der Waals surface area contributed by atoms with Crippen LogP contribution in [0.2, 0.25) is 0 Å². The predicted molar refractivity (Wildman–Crippen MR) is 81.9 cm³/mol. The largest absolute Gasteiger partial charge is 0.365 e. The smallest absolute Gasteiger partial charge is 0.313 e. The molecule has 0 aromatic heterocycles. The molecule has 112 valence electrons. The summed E-state index contributed by atoms with van der Waals surface area (Å²) in [6, 6.07) is 12.9. The van der Waals surface area contributed by atoms with E-state index in [9.17, 15) is 14.9 Å². The molecule has 0 spiro atoms. The van der Waals surface area contributed by atoms with Gasteiger partial charge in [0, 0.05) is 12.1 Å². The number of hydrogen-bond acceptors (Lipinski definition) is 5. The summed E-state index contributed by atoms with van der Waals surface area (Å²) in [4.78, 5) is 26.8. The van der Waals surface area contributed by atoms with Crippen molar-refractivity contribution < 1.29 is 14.6 Å². The van der Waals surface area contributed by atoms with Crippen molar-refractivity contribution in [2.24, 2.45) is 5.16 Å². The van der Waals surface area contributed by atoms with E-state index in [4.69, 9.17) is 4.84 Å². The van der Waals surface area contributed by atoms with E-state index in [0.717, 1.165) is 17.2 Å². The summed E-state index contributed by atoms with van der Waals surface area (Å²) < 4.78 is 0. The highest BCUT2D eigenvalue weighted by Gasteiger charge is 2.13. The quantitative estimate of drug-likeness (QED) is 0.374. The van der Waals surface area contributed by atoms with E-state index in [1.807, 2.05) is 31.2 Å². The second-order valence-corrected chi connectivity index (χ2v) is 4.73. The Bertz CT molecular complexity index is 736. The van der Waals surface area contributed by atoms with Gasteiger partial charge in [-0.1, -0.05) is 41.1 Å². The van der Waals surface area contributed by atoms with Crippen LogP contribution in [0.1, 0.15) is 28.4 Å². The molecule has 0 aliphatic rings. The summed E-state index contributed by atoms with van der Waals surface area (Å²) in [7, 11) is 0. The molecule has 0 amide bonds. The third-order valence-corrected chi connectivity index (χ3v) is 3.03. The molecule has 0 saturated carbocycles. The van der Waals surface area contributed by atoms with Gasteiger partial charge in [0.1, 0.15) is 0 Å². The Morgan fingerprint density at radius 3 is 2.45 bits per heavy atom. The van der Waals surface area contributed by atoms with E-state index in [0.29, 0.717) is 5.71 Å². The highest BCUT2D eigenvalue weighted by Crippen LogP contribution is 2.14. The average Bonchev–Trinajstić information content (AvgIpc) is 2.53. The molecule has 0 aliphatic carbocycles. The molecule has 6 nitrogen and oxygen atoms in total. The Hall–Kier alpha value is -3.02. The number of aryl methyl sites for hydroxylation is 1. The molecule has 0 bridgehead atoms. The lowest BCUT2D eigenvalue weighted by Crippen LogP contribution is -2.04. The second-order valence-electron chi connectivity index (χ2n) is 4.73. The highest BCUT2D eigenvalue weighted by molar-refractivity contribution is 5.99. The lowest BCUT2D eigenvalue weighted by molar-refractivity contribution is -0.384. The van der Waals surface area contributed by atoms with E-state index >= 15 is 0 Å². The summed E-state index contributed by atoms with van der Waals surface area (Å²) in [5, 5.41) is 14.5. The minimum absolute atomic E-state index is 0.0784. The van der Waals surface area contributed by atoms with Crippen molar-refractivity contribution in [2.45, 2.75) is 13.8 Å². The average molecular weight is 298 g/mol. The summed E-state index contributed by atoms with van der Waals surface area (Å²) in [6.07, 6.45) is 0. The highest BCUT2D eigenvalue weighted by atomic mass is 16.7. The number of rotatable bonds is 4. The molecular formula is C16H14N2O4. The lowest BCUT2D eigenvalue weighted by atomic mass is 10.1. The fourth-order valence-corrected chi connectivity index (χ4v) is 1.76. The number of nitro benzene ring substituents is 1. The molecular weight excluding hydrogens is 284 g/mol. The van der Waals surface area contributed by atoms with Gasteiger partial charge in [0.15, 0.2) is 0 Å². The van der Waals surface area contributed by atoms with Crippen LogP contribution in [-0.4, -0.2) is 16.6 Å². The van der Waals surface area contributed by atoms with Gasteiger partial charge >= 0.3 is 5.97 Å². The van der Waals surface area contributed by atoms with E-state index < -0.39 is 10.9 Å². The molecule has 2 rings (SSSR count). The van der Waals surface area contributed by atoms with Gasteiger partial charge in [-0.15, -0.1) is 0 Å². The van der Waals surface area contributed by atoms with Crippen LogP contribution in [0, 0.1) is 17.0 Å². The van der Waals surface area contributed by atoms with Gasteiger partial charge in [0.2, 0.25) is 0 Å². The number of hydrogen-bond donors (Lipinski definition) is 0. The monoisotopic (exact) mass is 298 g/mol. The summed E-state index contributed by atoms with van der Waals surface area (Å²) in [5.74, 6) is -0.741. The minimum Gasteiger partial charge on any atom is -0.313 e. The van der Waals surface area contributed by atoms with Crippen molar-refractivity contribution in [1.82, 2.24) is 0 Å². The summed E-state index contributed by atoms with van der Waals surface area (Å²) in [5.41, 5.74) is 2.39. The van der Waals surface area contributed by atoms with Gasteiger partial charge < -0.3 is 4.84 Å². The standard InChI is InChI=1S/C16H14N2O4/c1-11-6-8-13(9-7-11)12(2)17-22-16(19)14-4-3-5-15(10-14)18(20)21/h3-10H,1-2H3. The third kappa shape index (κ3) is 3.76. The topological polar surface area (TPSA) is 81.8 Å². The van der Waals surface area contributed by atoms with Crippen molar-refractivity contribution in [3.8, 4) is 0 Å².